The monoisotopic (exact) mass is 330 g/mol. The molecule has 0 unspecified atom stereocenters. The van der Waals surface area contributed by atoms with Crippen molar-refractivity contribution >= 4 is 0 Å². The van der Waals surface area contributed by atoms with Crippen molar-refractivity contribution in [3.8, 4) is 5.75 Å². The minimum Gasteiger partial charge on any atom is -0.508 e. The SMILES string of the molecule is OC(C(F)(F)F)(C(F)(F)F)C(F)(F)F.Oc1ccccc1. The summed E-state index contributed by atoms with van der Waals surface area (Å²) < 4.78 is 103. The first-order valence-electron chi connectivity index (χ1n) is 4.81. The van der Waals surface area contributed by atoms with Crippen LogP contribution in [0, 0.1) is 0 Å². The number of rotatable bonds is 0. The van der Waals surface area contributed by atoms with Gasteiger partial charge < -0.3 is 10.2 Å². The van der Waals surface area contributed by atoms with E-state index in [9.17, 15) is 39.5 Å². The Balaban J connectivity index is 0.000000471. The maximum absolute atomic E-state index is 11.4. The summed E-state index contributed by atoms with van der Waals surface area (Å²) in [5.74, 6) is 0.322. The lowest BCUT2D eigenvalue weighted by Gasteiger charge is -2.33. The Kier molecular flexibility index (Phi) is 5.53. The quantitative estimate of drug-likeness (QED) is 0.711. The average Bonchev–Trinajstić information content (AvgIpc) is 2.25. The number of alkyl halides is 9. The van der Waals surface area contributed by atoms with Crippen molar-refractivity contribution in [3.63, 3.8) is 0 Å². The fourth-order valence-electron chi connectivity index (χ4n) is 0.910. The maximum Gasteiger partial charge on any atom is 0.435 e. The molecule has 2 nitrogen and oxygen atoms in total. The molecule has 1 aromatic carbocycles. The molecule has 1 aromatic rings. The van der Waals surface area contributed by atoms with Gasteiger partial charge in [0.25, 0.3) is 0 Å². The van der Waals surface area contributed by atoms with Crippen molar-refractivity contribution in [2.75, 3.05) is 0 Å². The predicted molar refractivity (Wildman–Crippen MR) is 51.2 cm³/mol. The summed E-state index contributed by atoms with van der Waals surface area (Å²) in [6.45, 7) is 0. The topological polar surface area (TPSA) is 40.5 Å². The van der Waals surface area contributed by atoms with E-state index in [-0.39, 0.29) is 0 Å². The lowest BCUT2D eigenvalue weighted by molar-refractivity contribution is -0.447. The van der Waals surface area contributed by atoms with Crippen LogP contribution >= 0.6 is 0 Å². The van der Waals surface area contributed by atoms with Gasteiger partial charge in [-0.25, -0.2) is 0 Å². The molecular formula is C10H7F9O2. The molecule has 11 heteroatoms. The lowest BCUT2D eigenvalue weighted by atomic mass is 10.0. The van der Waals surface area contributed by atoms with Crippen LogP contribution in [0.25, 0.3) is 0 Å². The van der Waals surface area contributed by atoms with E-state index in [1.807, 2.05) is 6.07 Å². The number of benzene rings is 1. The number of phenolic OH excluding ortho intramolecular Hbond substituents is 1. The number of para-hydroxylation sites is 1. The predicted octanol–water partition coefficient (Wildman–Crippen LogP) is 3.80. The van der Waals surface area contributed by atoms with E-state index in [1.165, 1.54) is 0 Å². The zero-order valence-electron chi connectivity index (χ0n) is 9.68. The molecule has 1 rings (SSSR count). The molecule has 0 aliphatic rings. The van der Waals surface area contributed by atoms with Crippen LogP contribution in [-0.2, 0) is 0 Å². The molecule has 0 aliphatic heterocycles. The fraction of sp³-hybridized carbons (Fsp3) is 0.400. The molecule has 0 aliphatic carbocycles. The van der Waals surface area contributed by atoms with Gasteiger partial charge >= 0.3 is 24.1 Å². The highest BCUT2D eigenvalue weighted by Crippen LogP contribution is 2.52. The van der Waals surface area contributed by atoms with Gasteiger partial charge in [0.05, 0.1) is 0 Å². The van der Waals surface area contributed by atoms with Gasteiger partial charge in [0, 0.05) is 0 Å². The third-order valence-electron chi connectivity index (χ3n) is 1.99. The highest BCUT2D eigenvalue weighted by atomic mass is 19.4. The maximum atomic E-state index is 11.4. The first kappa shape index (κ1) is 19.4. The largest absolute Gasteiger partial charge is 0.508 e. The van der Waals surface area contributed by atoms with E-state index in [0.29, 0.717) is 5.75 Å². The first-order chi connectivity index (χ1) is 9.14. The highest BCUT2D eigenvalue weighted by Gasteiger charge is 2.83. The van der Waals surface area contributed by atoms with Crippen LogP contribution in [0.1, 0.15) is 0 Å². The van der Waals surface area contributed by atoms with Gasteiger partial charge in [0.1, 0.15) is 5.75 Å². The second kappa shape index (κ2) is 6.00. The van der Waals surface area contributed by atoms with E-state index in [0.717, 1.165) is 0 Å². The number of hydrogen-bond acceptors (Lipinski definition) is 2. The van der Waals surface area contributed by atoms with Crippen molar-refractivity contribution in [1.82, 2.24) is 0 Å². The summed E-state index contributed by atoms with van der Waals surface area (Å²) in [6.07, 6.45) is -20.6. The Morgan fingerprint density at radius 1 is 0.619 bits per heavy atom. The molecule has 0 spiro atoms. The molecule has 0 fully saturated rings. The second-order valence-corrected chi connectivity index (χ2v) is 3.54. The Morgan fingerprint density at radius 2 is 0.905 bits per heavy atom. The Morgan fingerprint density at radius 3 is 1.00 bits per heavy atom. The van der Waals surface area contributed by atoms with Crippen molar-refractivity contribution in [2.45, 2.75) is 24.1 Å². The van der Waals surface area contributed by atoms with Crippen molar-refractivity contribution < 1.29 is 49.7 Å². The summed E-state index contributed by atoms with van der Waals surface area (Å²) in [7, 11) is 0. The molecule has 0 atom stereocenters. The molecule has 122 valence electrons. The number of aliphatic hydroxyl groups is 1. The van der Waals surface area contributed by atoms with E-state index < -0.39 is 24.1 Å². The van der Waals surface area contributed by atoms with E-state index in [4.69, 9.17) is 10.2 Å². The van der Waals surface area contributed by atoms with Crippen LogP contribution in [-0.4, -0.2) is 34.3 Å². The molecule has 0 saturated heterocycles. The zero-order chi connectivity index (χ0) is 17.1. The molecule has 0 heterocycles. The van der Waals surface area contributed by atoms with Gasteiger partial charge in [-0.2, -0.15) is 39.5 Å². The second-order valence-electron chi connectivity index (χ2n) is 3.54. The number of halogens is 9. The molecule has 0 amide bonds. The number of phenols is 1. The Labute approximate surface area is 111 Å². The first-order valence-corrected chi connectivity index (χ1v) is 4.81. The molecule has 0 radical (unpaired) electrons. The third-order valence-corrected chi connectivity index (χ3v) is 1.99. The molecular weight excluding hydrogens is 323 g/mol. The number of aromatic hydroxyl groups is 1. The smallest absolute Gasteiger partial charge is 0.435 e. The molecule has 0 saturated carbocycles. The summed E-state index contributed by atoms with van der Waals surface area (Å²) in [4.78, 5) is 0. The van der Waals surface area contributed by atoms with E-state index in [1.54, 1.807) is 24.3 Å². The lowest BCUT2D eigenvalue weighted by Crippen LogP contribution is -2.66. The molecule has 0 aromatic heterocycles. The Bertz CT molecular complexity index is 397. The van der Waals surface area contributed by atoms with Crippen molar-refractivity contribution in [3.05, 3.63) is 30.3 Å². The standard InChI is InChI=1S/C6H6O.C4HF9O/c7-6-4-2-1-3-5-6;5-2(6,7)1(14,3(8,9)10)4(11,12)13/h1-5,7H;14H. The van der Waals surface area contributed by atoms with Crippen molar-refractivity contribution in [2.24, 2.45) is 0 Å². The van der Waals surface area contributed by atoms with Gasteiger partial charge in [0.2, 0.25) is 0 Å². The minimum absolute atomic E-state index is 0.322. The van der Waals surface area contributed by atoms with Crippen LogP contribution in [0.4, 0.5) is 39.5 Å². The molecule has 0 bridgehead atoms. The van der Waals surface area contributed by atoms with Gasteiger partial charge in [0.15, 0.2) is 0 Å². The average molecular weight is 330 g/mol. The van der Waals surface area contributed by atoms with Crippen LogP contribution < -0.4 is 0 Å². The highest BCUT2D eigenvalue weighted by molar-refractivity contribution is 5.18. The van der Waals surface area contributed by atoms with Crippen molar-refractivity contribution in [1.29, 1.82) is 0 Å². The zero-order valence-corrected chi connectivity index (χ0v) is 9.68. The third kappa shape index (κ3) is 4.41. The fourth-order valence-corrected chi connectivity index (χ4v) is 0.910. The van der Waals surface area contributed by atoms with Gasteiger partial charge in [-0.3, -0.25) is 0 Å². The van der Waals surface area contributed by atoms with Crippen LogP contribution in [0.2, 0.25) is 0 Å². The Hall–Kier alpha value is -1.65. The summed E-state index contributed by atoms with van der Waals surface area (Å²) in [6, 6.07) is 8.71. The van der Waals surface area contributed by atoms with Gasteiger partial charge in [-0.1, -0.05) is 18.2 Å². The minimum atomic E-state index is -6.87. The summed E-state index contributed by atoms with van der Waals surface area (Å²) >= 11 is 0. The summed E-state index contributed by atoms with van der Waals surface area (Å²) in [5.41, 5.74) is -6.69. The van der Waals surface area contributed by atoms with Crippen LogP contribution in [0.5, 0.6) is 5.75 Å². The van der Waals surface area contributed by atoms with Gasteiger partial charge in [-0.15, -0.1) is 0 Å². The van der Waals surface area contributed by atoms with E-state index >= 15 is 0 Å². The molecule has 21 heavy (non-hydrogen) atoms. The molecule has 2 N–H and O–H groups in total. The van der Waals surface area contributed by atoms with Crippen LogP contribution in [0.15, 0.2) is 30.3 Å². The van der Waals surface area contributed by atoms with Gasteiger partial charge in [-0.05, 0) is 12.1 Å². The summed E-state index contributed by atoms with van der Waals surface area (Å²) in [5, 5.41) is 16.3. The van der Waals surface area contributed by atoms with E-state index in [2.05, 4.69) is 0 Å². The normalized spacial score (nSPS) is 13.4. The van der Waals surface area contributed by atoms with Crippen LogP contribution in [0.3, 0.4) is 0 Å². The number of hydrogen-bond donors (Lipinski definition) is 2.